The van der Waals surface area contributed by atoms with Crippen LogP contribution >= 0.6 is 0 Å². The molecule has 2 aromatic carbocycles. The fourth-order valence-corrected chi connectivity index (χ4v) is 2.50. The minimum atomic E-state index is -4.50. The Labute approximate surface area is 161 Å². The molecule has 0 radical (unpaired) electrons. The van der Waals surface area contributed by atoms with Gasteiger partial charge in [-0.2, -0.15) is 26.3 Å². The first-order valence-electron chi connectivity index (χ1n) is 8.16. The molecule has 0 aliphatic heterocycles. The van der Waals surface area contributed by atoms with Crippen LogP contribution in [0.3, 0.4) is 0 Å². The van der Waals surface area contributed by atoms with Crippen LogP contribution in [-0.2, 0) is 12.4 Å². The van der Waals surface area contributed by atoms with Gasteiger partial charge < -0.3 is 5.32 Å². The van der Waals surface area contributed by atoms with Crippen molar-refractivity contribution >= 4 is 11.6 Å². The smallest absolute Gasteiger partial charge is 0.322 e. The van der Waals surface area contributed by atoms with Crippen LogP contribution in [-0.4, -0.2) is 10.9 Å². The number of carbonyl (C=O) groups excluding carboxylic acids is 1. The third kappa shape index (κ3) is 4.92. The second kappa shape index (κ2) is 7.57. The Kier molecular flexibility index (Phi) is 5.32. The van der Waals surface area contributed by atoms with E-state index in [4.69, 9.17) is 0 Å². The fourth-order valence-electron chi connectivity index (χ4n) is 2.50. The first kappa shape index (κ1) is 20.4. The molecule has 3 aromatic rings. The molecule has 1 N–H and O–H groups in total. The van der Waals surface area contributed by atoms with Gasteiger partial charge in [-0.25, -0.2) is 0 Å². The van der Waals surface area contributed by atoms with E-state index in [1.807, 2.05) is 0 Å². The minimum Gasteiger partial charge on any atom is -0.322 e. The number of pyridine rings is 1. The molecule has 3 nitrogen and oxygen atoms in total. The molecule has 150 valence electrons. The van der Waals surface area contributed by atoms with Crippen molar-refractivity contribution in [1.82, 2.24) is 4.98 Å². The van der Waals surface area contributed by atoms with Gasteiger partial charge in [0.2, 0.25) is 0 Å². The number of carbonyl (C=O) groups is 1. The molecular formula is C20H12F6N2O. The van der Waals surface area contributed by atoms with Gasteiger partial charge in [0.1, 0.15) is 0 Å². The van der Waals surface area contributed by atoms with Crippen molar-refractivity contribution in [3.8, 4) is 11.3 Å². The summed E-state index contributed by atoms with van der Waals surface area (Å²) < 4.78 is 76.1. The standard InChI is InChI=1S/C20H12F6N2O/c21-19(22,23)14-5-7-16(8-6-14)28-18(29)13-3-1-12(2-4-13)17-11-15(9-10-27-17)20(24,25)26/h1-11H,(H,28,29). The van der Waals surface area contributed by atoms with E-state index >= 15 is 0 Å². The molecule has 1 heterocycles. The average Bonchev–Trinajstić information content (AvgIpc) is 2.67. The highest BCUT2D eigenvalue weighted by atomic mass is 19.4. The topological polar surface area (TPSA) is 42.0 Å². The van der Waals surface area contributed by atoms with Gasteiger partial charge in [0.25, 0.3) is 5.91 Å². The molecule has 0 bridgehead atoms. The van der Waals surface area contributed by atoms with E-state index in [9.17, 15) is 31.1 Å². The highest BCUT2D eigenvalue weighted by molar-refractivity contribution is 6.04. The monoisotopic (exact) mass is 410 g/mol. The highest BCUT2D eigenvalue weighted by Gasteiger charge is 2.31. The number of hydrogen-bond donors (Lipinski definition) is 1. The van der Waals surface area contributed by atoms with Gasteiger partial charge in [0, 0.05) is 23.0 Å². The summed E-state index contributed by atoms with van der Waals surface area (Å²) in [6, 6.07) is 11.3. The molecule has 0 saturated carbocycles. The molecule has 0 unspecified atom stereocenters. The van der Waals surface area contributed by atoms with E-state index < -0.39 is 29.4 Å². The van der Waals surface area contributed by atoms with Crippen molar-refractivity contribution in [2.75, 3.05) is 5.32 Å². The molecule has 0 atom stereocenters. The lowest BCUT2D eigenvalue weighted by Gasteiger charge is -2.10. The Balaban J connectivity index is 1.74. The maximum Gasteiger partial charge on any atom is 0.416 e. The number of hydrogen-bond acceptors (Lipinski definition) is 2. The number of aromatic nitrogens is 1. The third-order valence-electron chi connectivity index (χ3n) is 4.00. The van der Waals surface area contributed by atoms with Gasteiger partial charge in [-0.15, -0.1) is 0 Å². The van der Waals surface area contributed by atoms with E-state index in [1.54, 1.807) is 0 Å². The van der Waals surface area contributed by atoms with E-state index in [0.29, 0.717) is 5.56 Å². The molecule has 3 rings (SSSR count). The minimum absolute atomic E-state index is 0.0922. The summed E-state index contributed by atoms with van der Waals surface area (Å²) in [6.45, 7) is 0. The SMILES string of the molecule is O=C(Nc1ccc(C(F)(F)F)cc1)c1ccc(-c2cc(C(F)(F)F)ccn2)cc1. The largest absolute Gasteiger partial charge is 0.416 e. The van der Waals surface area contributed by atoms with E-state index in [1.165, 1.54) is 24.3 Å². The Morgan fingerprint density at radius 2 is 1.34 bits per heavy atom. The van der Waals surface area contributed by atoms with Gasteiger partial charge in [-0.05, 0) is 48.5 Å². The molecular weight excluding hydrogens is 398 g/mol. The molecule has 0 fully saturated rings. The lowest BCUT2D eigenvalue weighted by Crippen LogP contribution is -2.12. The van der Waals surface area contributed by atoms with Crippen LogP contribution in [0.2, 0.25) is 0 Å². The molecule has 9 heteroatoms. The number of amides is 1. The lowest BCUT2D eigenvalue weighted by molar-refractivity contribution is -0.138. The maximum absolute atomic E-state index is 12.8. The number of nitrogens with zero attached hydrogens (tertiary/aromatic N) is 1. The number of halogens is 6. The van der Waals surface area contributed by atoms with Crippen molar-refractivity contribution in [3.63, 3.8) is 0 Å². The zero-order valence-electron chi connectivity index (χ0n) is 14.5. The molecule has 0 aliphatic rings. The summed E-state index contributed by atoms with van der Waals surface area (Å²) in [5.74, 6) is -0.576. The summed E-state index contributed by atoms with van der Waals surface area (Å²) in [5.41, 5.74) is -0.857. The zero-order chi connectivity index (χ0) is 21.2. The van der Waals surface area contributed by atoms with Gasteiger partial charge in [0.05, 0.1) is 16.8 Å². The third-order valence-corrected chi connectivity index (χ3v) is 4.00. The van der Waals surface area contributed by atoms with Crippen molar-refractivity contribution in [3.05, 3.63) is 83.6 Å². The van der Waals surface area contributed by atoms with Gasteiger partial charge in [-0.1, -0.05) is 12.1 Å². The predicted octanol–water partition coefficient (Wildman–Crippen LogP) is 6.04. The van der Waals surface area contributed by atoms with Crippen molar-refractivity contribution < 1.29 is 31.1 Å². The van der Waals surface area contributed by atoms with Crippen LogP contribution in [0.15, 0.2) is 66.9 Å². The van der Waals surface area contributed by atoms with Crippen molar-refractivity contribution in [2.24, 2.45) is 0 Å². The van der Waals surface area contributed by atoms with Crippen LogP contribution < -0.4 is 5.32 Å². The second-order valence-corrected chi connectivity index (χ2v) is 6.03. The normalized spacial score (nSPS) is 11.9. The van der Waals surface area contributed by atoms with Crippen molar-refractivity contribution in [1.29, 1.82) is 0 Å². The lowest BCUT2D eigenvalue weighted by atomic mass is 10.1. The summed E-state index contributed by atoms with van der Waals surface area (Å²) in [6.07, 6.45) is -7.93. The molecule has 1 amide bonds. The van der Waals surface area contributed by atoms with E-state index in [0.717, 1.165) is 42.6 Å². The molecule has 0 aliphatic carbocycles. The summed E-state index contributed by atoms with van der Waals surface area (Å²) in [5, 5.41) is 2.45. The Bertz CT molecular complexity index is 1010. The van der Waals surface area contributed by atoms with Crippen LogP contribution in [0.4, 0.5) is 32.0 Å². The first-order chi connectivity index (χ1) is 13.5. The summed E-state index contributed by atoms with van der Waals surface area (Å²) in [4.78, 5) is 16.1. The average molecular weight is 410 g/mol. The van der Waals surface area contributed by atoms with Gasteiger partial charge >= 0.3 is 12.4 Å². The van der Waals surface area contributed by atoms with Gasteiger partial charge in [-0.3, -0.25) is 9.78 Å². The number of rotatable bonds is 3. The van der Waals surface area contributed by atoms with Gasteiger partial charge in [0.15, 0.2) is 0 Å². The maximum atomic E-state index is 12.8. The number of benzene rings is 2. The number of nitrogens with one attached hydrogen (secondary N) is 1. The Morgan fingerprint density at radius 1 is 0.759 bits per heavy atom. The fraction of sp³-hybridized carbons (Fsp3) is 0.100. The predicted molar refractivity (Wildman–Crippen MR) is 94.1 cm³/mol. The van der Waals surface area contributed by atoms with E-state index in [-0.39, 0.29) is 16.9 Å². The summed E-state index contributed by atoms with van der Waals surface area (Å²) >= 11 is 0. The highest BCUT2D eigenvalue weighted by Crippen LogP contribution is 2.32. The molecule has 1 aromatic heterocycles. The van der Waals surface area contributed by atoms with Crippen LogP contribution in [0.1, 0.15) is 21.5 Å². The molecule has 0 saturated heterocycles. The first-order valence-corrected chi connectivity index (χ1v) is 8.16. The van der Waals surface area contributed by atoms with Crippen LogP contribution in [0.5, 0.6) is 0 Å². The number of anilines is 1. The quantitative estimate of drug-likeness (QED) is 0.535. The number of alkyl halides is 6. The molecule has 0 spiro atoms. The Morgan fingerprint density at radius 3 is 1.90 bits per heavy atom. The van der Waals surface area contributed by atoms with Crippen LogP contribution in [0, 0.1) is 0 Å². The summed E-state index contributed by atoms with van der Waals surface area (Å²) in [7, 11) is 0. The zero-order valence-corrected chi connectivity index (χ0v) is 14.5. The van der Waals surface area contributed by atoms with Crippen molar-refractivity contribution in [2.45, 2.75) is 12.4 Å². The second-order valence-electron chi connectivity index (χ2n) is 6.03. The van der Waals surface area contributed by atoms with E-state index in [2.05, 4.69) is 10.3 Å². The molecule has 29 heavy (non-hydrogen) atoms. The van der Waals surface area contributed by atoms with Crippen LogP contribution in [0.25, 0.3) is 11.3 Å². The Hall–Kier alpha value is -3.36.